The molecule has 10 nitrogen and oxygen atoms in total. The maximum absolute atomic E-state index is 12.6. The summed E-state index contributed by atoms with van der Waals surface area (Å²) < 4.78 is 32.8. The van der Waals surface area contributed by atoms with Gasteiger partial charge in [-0.1, -0.05) is 197 Å². The molecule has 0 aliphatic heterocycles. The lowest BCUT2D eigenvalue weighted by molar-refractivity contribution is -0.161. The Balaban J connectivity index is 4.27. The summed E-state index contributed by atoms with van der Waals surface area (Å²) in [6, 6.07) is 0. The average Bonchev–Trinajstić information content (AvgIpc) is 3.25. The van der Waals surface area contributed by atoms with E-state index in [2.05, 4.69) is 74.6 Å². The van der Waals surface area contributed by atoms with Gasteiger partial charge < -0.3 is 24.6 Å². The number of esters is 2. The number of hydrogen-bond acceptors (Lipinski definition) is 9. The zero-order valence-corrected chi connectivity index (χ0v) is 39.5. The second-order valence-corrected chi connectivity index (χ2v) is 17.6. The van der Waals surface area contributed by atoms with Crippen molar-refractivity contribution >= 4 is 19.8 Å². The molecule has 0 saturated carbocycles. The summed E-state index contributed by atoms with van der Waals surface area (Å²) in [6.07, 6.45) is 51.9. The molecule has 3 unspecified atom stereocenters. The summed E-state index contributed by atoms with van der Waals surface area (Å²) in [5.41, 5.74) is 0. The van der Waals surface area contributed by atoms with Crippen molar-refractivity contribution in [1.82, 2.24) is 0 Å². The standard InChI is InChI=1S/C50H89O10P/c1-3-5-7-9-11-13-15-17-19-21-23-25-27-29-31-33-35-37-39-41-49(53)57-45-48(46-59-61(55,56)58-44-47(52)43-51)60-50(54)42-40-38-36-34-32-30-28-26-24-22-20-18-16-14-12-10-8-6-4-2/h6,8,12,14,18,20,24,26,30,32,47-48,51-52H,3-5,7,9-11,13,15-17,19,21-23,25,27-29,31,33-46H2,1-2H3,(H,55,56)/b8-6-,14-12-,20-18-,26-24-,32-30-. The highest BCUT2D eigenvalue weighted by molar-refractivity contribution is 7.47. The molecule has 0 aliphatic carbocycles. The smallest absolute Gasteiger partial charge is 0.462 e. The van der Waals surface area contributed by atoms with Gasteiger partial charge in [-0.25, -0.2) is 4.57 Å². The molecule has 0 heterocycles. The Hall–Kier alpha value is -2.33. The van der Waals surface area contributed by atoms with Gasteiger partial charge in [0.05, 0.1) is 19.8 Å². The second kappa shape index (κ2) is 45.7. The molecular formula is C50H89O10P. The topological polar surface area (TPSA) is 149 Å². The van der Waals surface area contributed by atoms with Gasteiger partial charge in [-0.05, 0) is 57.8 Å². The summed E-state index contributed by atoms with van der Waals surface area (Å²) in [5, 5.41) is 18.4. The third kappa shape index (κ3) is 45.5. The van der Waals surface area contributed by atoms with Crippen LogP contribution in [-0.4, -0.2) is 65.7 Å². The predicted octanol–water partition coefficient (Wildman–Crippen LogP) is 13.5. The molecule has 0 rings (SSSR count). The molecule has 0 aliphatic rings. The number of aliphatic hydroxyl groups excluding tert-OH is 2. The van der Waals surface area contributed by atoms with Gasteiger partial charge in [0.25, 0.3) is 0 Å². The number of unbranched alkanes of at least 4 members (excludes halogenated alkanes) is 21. The van der Waals surface area contributed by atoms with E-state index in [9.17, 15) is 24.2 Å². The third-order valence-corrected chi connectivity index (χ3v) is 11.1. The molecule has 0 fully saturated rings. The number of ether oxygens (including phenoxy) is 2. The first kappa shape index (κ1) is 58.7. The minimum absolute atomic E-state index is 0.144. The Labute approximate surface area is 372 Å². The van der Waals surface area contributed by atoms with Crippen molar-refractivity contribution in [2.75, 3.05) is 26.4 Å². The van der Waals surface area contributed by atoms with Crippen LogP contribution in [0.15, 0.2) is 60.8 Å². The number of rotatable bonds is 45. The number of carbonyl (C=O) groups excluding carboxylic acids is 2. The van der Waals surface area contributed by atoms with E-state index in [1.54, 1.807) is 0 Å². The van der Waals surface area contributed by atoms with Crippen molar-refractivity contribution in [3.05, 3.63) is 60.8 Å². The zero-order chi connectivity index (χ0) is 44.8. The van der Waals surface area contributed by atoms with Crippen LogP contribution in [0.25, 0.3) is 0 Å². The Kier molecular flexibility index (Phi) is 43.9. The molecule has 0 aromatic rings. The fourth-order valence-electron chi connectivity index (χ4n) is 6.49. The van der Waals surface area contributed by atoms with E-state index in [1.807, 2.05) is 0 Å². The van der Waals surface area contributed by atoms with Crippen LogP contribution in [0.2, 0.25) is 0 Å². The lowest BCUT2D eigenvalue weighted by Gasteiger charge is -2.20. The quantitative estimate of drug-likeness (QED) is 0.0233. The number of hydrogen-bond donors (Lipinski definition) is 3. The molecule has 354 valence electrons. The van der Waals surface area contributed by atoms with Gasteiger partial charge in [-0.15, -0.1) is 0 Å². The van der Waals surface area contributed by atoms with Crippen molar-refractivity contribution in [2.45, 2.75) is 219 Å². The maximum Gasteiger partial charge on any atom is 0.472 e. The van der Waals surface area contributed by atoms with E-state index >= 15 is 0 Å². The predicted molar refractivity (Wildman–Crippen MR) is 251 cm³/mol. The van der Waals surface area contributed by atoms with Crippen molar-refractivity contribution in [1.29, 1.82) is 0 Å². The van der Waals surface area contributed by atoms with Crippen LogP contribution in [0.5, 0.6) is 0 Å². The van der Waals surface area contributed by atoms with Crippen molar-refractivity contribution < 1.29 is 47.8 Å². The van der Waals surface area contributed by atoms with Gasteiger partial charge in [0.15, 0.2) is 6.10 Å². The summed E-state index contributed by atoms with van der Waals surface area (Å²) in [6.45, 7) is 2.25. The molecule has 3 N–H and O–H groups in total. The van der Waals surface area contributed by atoms with Gasteiger partial charge in [0, 0.05) is 12.8 Å². The van der Waals surface area contributed by atoms with Gasteiger partial charge in [-0.3, -0.25) is 18.6 Å². The molecular weight excluding hydrogens is 792 g/mol. The molecule has 0 radical (unpaired) electrons. The Morgan fingerprint density at radius 3 is 1.36 bits per heavy atom. The maximum atomic E-state index is 12.6. The number of phosphoric acid groups is 1. The van der Waals surface area contributed by atoms with Gasteiger partial charge >= 0.3 is 19.8 Å². The molecule has 61 heavy (non-hydrogen) atoms. The lowest BCUT2D eigenvalue weighted by Crippen LogP contribution is -2.29. The summed E-state index contributed by atoms with van der Waals surface area (Å²) in [4.78, 5) is 35.1. The van der Waals surface area contributed by atoms with Gasteiger partial charge in [0.1, 0.15) is 12.7 Å². The van der Waals surface area contributed by atoms with E-state index in [0.717, 1.165) is 70.6 Å². The monoisotopic (exact) mass is 881 g/mol. The van der Waals surface area contributed by atoms with Crippen molar-refractivity contribution in [3.8, 4) is 0 Å². The van der Waals surface area contributed by atoms with Crippen LogP contribution < -0.4 is 0 Å². The van der Waals surface area contributed by atoms with Crippen LogP contribution in [0.3, 0.4) is 0 Å². The number of allylic oxidation sites excluding steroid dienone is 10. The van der Waals surface area contributed by atoms with Crippen LogP contribution in [0.1, 0.15) is 206 Å². The van der Waals surface area contributed by atoms with Crippen LogP contribution in [0.4, 0.5) is 0 Å². The average molecular weight is 881 g/mol. The van der Waals surface area contributed by atoms with E-state index in [0.29, 0.717) is 12.8 Å². The minimum Gasteiger partial charge on any atom is -0.462 e. The highest BCUT2D eigenvalue weighted by Crippen LogP contribution is 2.43. The van der Waals surface area contributed by atoms with Crippen LogP contribution >= 0.6 is 7.82 Å². The van der Waals surface area contributed by atoms with Crippen molar-refractivity contribution in [2.24, 2.45) is 0 Å². The summed E-state index contributed by atoms with van der Waals surface area (Å²) >= 11 is 0. The number of carbonyl (C=O) groups is 2. The first-order valence-corrected chi connectivity index (χ1v) is 25.7. The Morgan fingerprint density at radius 1 is 0.508 bits per heavy atom. The van der Waals surface area contributed by atoms with Gasteiger partial charge in [0.2, 0.25) is 0 Å². The SMILES string of the molecule is CC/C=C\C/C=C\C/C=C\C/C=C\C/C=C\CCCCCC(=O)OC(COC(=O)CCCCCCCCCCCCCCCCCCCCC)COP(=O)(O)OCC(O)CO. The summed E-state index contributed by atoms with van der Waals surface area (Å²) in [7, 11) is -4.63. The normalized spacial score (nSPS) is 14.2. The van der Waals surface area contributed by atoms with E-state index < -0.39 is 51.8 Å². The van der Waals surface area contributed by atoms with E-state index in [-0.39, 0.29) is 19.4 Å². The number of aliphatic hydroxyl groups is 2. The van der Waals surface area contributed by atoms with Crippen molar-refractivity contribution in [3.63, 3.8) is 0 Å². The minimum atomic E-state index is -4.63. The Morgan fingerprint density at radius 2 is 0.902 bits per heavy atom. The van der Waals surface area contributed by atoms with E-state index in [4.69, 9.17) is 23.6 Å². The fourth-order valence-corrected chi connectivity index (χ4v) is 7.28. The van der Waals surface area contributed by atoms with Crippen LogP contribution in [-0.2, 0) is 32.7 Å². The van der Waals surface area contributed by atoms with Gasteiger partial charge in [-0.2, -0.15) is 0 Å². The zero-order valence-electron chi connectivity index (χ0n) is 38.6. The summed E-state index contributed by atoms with van der Waals surface area (Å²) in [5.74, 6) is -0.958. The molecule has 0 amide bonds. The fraction of sp³-hybridized carbons (Fsp3) is 0.760. The highest BCUT2D eigenvalue weighted by atomic mass is 31.2. The molecule has 0 aromatic heterocycles. The van der Waals surface area contributed by atoms with Crippen LogP contribution in [0, 0.1) is 0 Å². The molecule has 0 spiro atoms. The lowest BCUT2D eigenvalue weighted by atomic mass is 10.0. The number of phosphoric ester groups is 1. The largest absolute Gasteiger partial charge is 0.472 e. The third-order valence-electron chi connectivity index (χ3n) is 10.2. The molecule has 0 saturated heterocycles. The second-order valence-electron chi connectivity index (χ2n) is 16.1. The van der Waals surface area contributed by atoms with E-state index in [1.165, 1.54) is 96.3 Å². The first-order valence-electron chi connectivity index (χ1n) is 24.2. The molecule has 3 atom stereocenters. The molecule has 0 aromatic carbocycles. The highest BCUT2D eigenvalue weighted by Gasteiger charge is 2.27. The molecule has 11 heteroatoms. The first-order chi connectivity index (χ1) is 29.7. The molecule has 0 bridgehead atoms. The Bertz CT molecular complexity index is 1200.